The Labute approximate surface area is 239 Å². The van der Waals surface area contributed by atoms with Gasteiger partial charge in [0.05, 0.1) is 11.2 Å². The summed E-state index contributed by atoms with van der Waals surface area (Å²) >= 11 is 0. The molecule has 2 aromatic carbocycles. The molecule has 0 bridgehead atoms. The second kappa shape index (κ2) is 10.3. The molecule has 8 heteroatoms. The molecule has 1 amide bonds. The fraction of sp³-hybridized carbons (Fsp3) is 0.333. The van der Waals surface area contributed by atoms with E-state index in [-0.39, 0.29) is 11.8 Å². The van der Waals surface area contributed by atoms with E-state index in [1.165, 1.54) is 0 Å². The van der Waals surface area contributed by atoms with Crippen LogP contribution in [0.1, 0.15) is 38.4 Å². The van der Waals surface area contributed by atoms with E-state index in [0.717, 1.165) is 83.8 Å². The molecular formula is C33H35N7O. The van der Waals surface area contributed by atoms with Crippen molar-refractivity contribution in [1.82, 2.24) is 29.2 Å². The average molecular weight is 546 g/mol. The van der Waals surface area contributed by atoms with Crippen LogP contribution in [0.25, 0.3) is 38.9 Å². The van der Waals surface area contributed by atoms with E-state index in [2.05, 4.69) is 56.7 Å². The van der Waals surface area contributed by atoms with E-state index in [9.17, 15) is 4.79 Å². The number of hydrogen-bond acceptors (Lipinski definition) is 6. The summed E-state index contributed by atoms with van der Waals surface area (Å²) in [6, 6.07) is 21.3. The van der Waals surface area contributed by atoms with Gasteiger partial charge in [-0.25, -0.2) is 15.0 Å². The van der Waals surface area contributed by atoms with Crippen molar-refractivity contribution in [2.75, 3.05) is 31.9 Å². The van der Waals surface area contributed by atoms with Crippen LogP contribution in [0.2, 0.25) is 0 Å². The van der Waals surface area contributed by atoms with Gasteiger partial charge in [0, 0.05) is 73.0 Å². The molecule has 2 aliphatic rings. The van der Waals surface area contributed by atoms with Gasteiger partial charge in [0.15, 0.2) is 0 Å². The number of nitrogen functional groups attached to an aromatic ring is 1. The molecule has 8 nitrogen and oxygen atoms in total. The lowest BCUT2D eigenvalue weighted by Gasteiger charge is -2.46. The molecule has 3 aromatic heterocycles. The molecule has 0 atom stereocenters. The number of rotatable bonds is 5. The Bertz CT molecular complexity index is 1730. The van der Waals surface area contributed by atoms with Gasteiger partial charge in [-0.15, -0.1) is 0 Å². The van der Waals surface area contributed by atoms with Crippen LogP contribution < -0.4 is 5.73 Å². The number of carbonyl (C=O) groups excluding carboxylic acids is 1. The van der Waals surface area contributed by atoms with Crippen LogP contribution in [0.3, 0.4) is 0 Å². The highest BCUT2D eigenvalue weighted by atomic mass is 16.2. The zero-order valence-corrected chi connectivity index (χ0v) is 23.6. The van der Waals surface area contributed by atoms with Crippen molar-refractivity contribution in [2.24, 2.45) is 5.92 Å². The maximum absolute atomic E-state index is 12.4. The Hall–Kier alpha value is -4.30. The summed E-state index contributed by atoms with van der Waals surface area (Å²) < 4.78 is 2.13. The number of fused-ring (bicyclic) bond motifs is 2. The predicted octanol–water partition coefficient (Wildman–Crippen LogP) is 5.24. The highest BCUT2D eigenvalue weighted by Crippen LogP contribution is 2.42. The van der Waals surface area contributed by atoms with Gasteiger partial charge in [-0.2, -0.15) is 0 Å². The number of nitrogens with zero attached hydrogens (tertiary/aromatic N) is 6. The molecule has 1 saturated heterocycles. The van der Waals surface area contributed by atoms with E-state index in [1.54, 1.807) is 6.20 Å². The van der Waals surface area contributed by atoms with Crippen molar-refractivity contribution in [3.63, 3.8) is 0 Å². The topological polar surface area (TPSA) is 92.7 Å². The fourth-order valence-electron chi connectivity index (χ4n) is 6.38. The Morgan fingerprint density at radius 2 is 1.68 bits per heavy atom. The third-order valence-electron chi connectivity index (χ3n) is 8.76. The molecule has 208 valence electrons. The minimum absolute atomic E-state index is 0.0590. The van der Waals surface area contributed by atoms with Crippen molar-refractivity contribution in [2.45, 2.75) is 38.6 Å². The largest absolute Gasteiger partial charge is 0.382 e. The number of imidazole rings is 1. The van der Waals surface area contributed by atoms with Crippen LogP contribution in [-0.4, -0.2) is 67.3 Å². The zero-order valence-electron chi connectivity index (χ0n) is 23.6. The van der Waals surface area contributed by atoms with Crippen LogP contribution in [0.5, 0.6) is 0 Å². The number of benzene rings is 2. The maximum Gasteiger partial charge on any atom is 0.225 e. The molecule has 1 aliphatic carbocycles. The zero-order chi connectivity index (χ0) is 28.1. The molecule has 0 unspecified atom stereocenters. The van der Waals surface area contributed by atoms with E-state index >= 15 is 0 Å². The van der Waals surface area contributed by atoms with E-state index in [4.69, 9.17) is 15.7 Å². The Morgan fingerprint density at radius 1 is 0.927 bits per heavy atom. The number of pyridine rings is 1. The summed E-state index contributed by atoms with van der Waals surface area (Å²) in [5.41, 5.74) is 12.1. The highest BCUT2D eigenvalue weighted by Gasteiger charge is 2.39. The molecule has 0 spiro atoms. The number of nitrogens with two attached hydrogens (primary N) is 1. The van der Waals surface area contributed by atoms with Gasteiger partial charge in [-0.1, -0.05) is 62.4 Å². The van der Waals surface area contributed by atoms with E-state index < -0.39 is 0 Å². The first-order valence-electron chi connectivity index (χ1n) is 14.6. The fourth-order valence-corrected chi connectivity index (χ4v) is 6.38. The summed E-state index contributed by atoms with van der Waals surface area (Å²) in [5, 5.41) is 1.08. The molecule has 4 heterocycles. The molecule has 2 N–H and O–H groups in total. The Morgan fingerprint density at radius 3 is 2.44 bits per heavy atom. The minimum Gasteiger partial charge on any atom is -0.382 e. The first-order chi connectivity index (χ1) is 20.0. The third-order valence-corrected chi connectivity index (χ3v) is 8.76. The lowest BCUT2D eigenvalue weighted by molar-refractivity contribution is -0.136. The smallest absolute Gasteiger partial charge is 0.225 e. The minimum atomic E-state index is 0.0590. The maximum atomic E-state index is 12.4. The predicted molar refractivity (Wildman–Crippen MR) is 162 cm³/mol. The van der Waals surface area contributed by atoms with Crippen molar-refractivity contribution >= 4 is 28.1 Å². The van der Waals surface area contributed by atoms with Gasteiger partial charge in [-0.3, -0.25) is 14.1 Å². The quantitative estimate of drug-likeness (QED) is 0.325. The first-order valence-corrected chi connectivity index (χ1v) is 14.6. The molecule has 0 radical (unpaired) electrons. The Kier molecular flexibility index (Phi) is 6.43. The van der Waals surface area contributed by atoms with Crippen LogP contribution in [0.15, 0.2) is 73.1 Å². The van der Waals surface area contributed by atoms with Crippen molar-refractivity contribution < 1.29 is 4.79 Å². The van der Waals surface area contributed by atoms with Crippen molar-refractivity contribution in [1.29, 1.82) is 0 Å². The van der Waals surface area contributed by atoms with Gasteiger partial charge in [-0.05, 0) is 25.0 Å². The molecule has 7 rings (SSSR count). The Balaban J connectivity index is 1.16. The van der Waals surface area contributed by atoms with Gasteiger partial charge in [0.25, 0.3) is 0 Å². The standard InChI is InChI=1S/C33H35N7O/c1-21(2)33(41)39-16-14-38(15-17-39)26-18-25(19-26)32-37-29(30-31(34)35-12-13-40(30)32)24-9-8-23-10-11-27(36-28(23)20-24)22-6-4-3-5-7-22/h3-13,20-21,25-26H,14-19H2,1-2H3,(H2,34,35). The SMILES string of the molecule is CC(C)C(=O)N1CCN(C2CC(c3nc(-c4ccc5ccc(-c6ccccc6)nc5c4)c4c(N)nccn34)C2)CC1. The van der Waals surface area contributed by atoms with Gasteiger partial charge in [0.1, 0.15) is 22.9 Å². The van der Waals surface area contributed by atoms with Gasteiger partial charge in [0.2, 0.25) is 5.91 Å². The second-order valence-corrected chi connectivity index (χ2v) is 11.7. The van der Waals surface area contributed by atoms with Crippen LogP contribution in [-0.2, 0) is 4.79 Å². The second-order valence-electron chi connectivity index (χ2n) is 11.7. The average Bonchev–Trinajstić information content (AvgIpc) is 3.36. The molecule has 41 heavy (non-hydrogen) atoms. The number of hydrogen-bond donors (Lipinski definition) is 1. The normalized spacial score (nSPS) is 19.6. The van der Waals surface area contributed by atoms with Crippen LogP contribution >= 0.6 is 0 Å². The summed E-state index contributed by atoms with van der Waals surface area (Å²) in [4.78, 5) is 31.6. The molecule has 2 fully saturated rings. The summed E-state index contributed by atoms with van der Waals surface area (Å²) in [5.74, 6) is 2.19. The monoisotopic (exact) mass is 545 g/mol. The first kappa shape index (κ1) is 25.7. The van der Waals surface area contributed by atoms with Crippen molar-refractivity contribution in [3.05, 3.63) is 78.9 Å². The third kappa shape index (κ3) is 4.62. The van der Waals surface area contributed by atoms with E-state index in [1.807, 2.05) is 43.1 Å². The number of anilines is 1. The highest BCUT2D eigenvalue weighted by molar-refractivity contribution is 5.91. The summed E-state index contributed by atoms with van der Waals surface area (Å²) in [7, 11) is 0. The number of amides is 1. The summed E-state index contributed by atoms with van der Waals surface area (Å²) in [6.07, 6.45) is 5.84. The van der Waals surface area contributed by atoms with Crippen LogP contribution in [0, 0.1) is 5.92 Å². The van der Waals surface area contributed by atoms with Crippen LogP contribution in [0.4, 0.5) is 5.82 Å². The molecule has 1 aliphatic heterocycles. The lowest BCUT2D eigenvalue weighted by atomic mass is 9.78. The molecule has 5 aromatic rings. The van der Waals surface area contributed by atoms with Crippen molar-refractivity contribution in [3.8, 4) is 22.5 Å². The van der Waals surface area contributed by atoms with Gasteiger partial charge < -0.3 is 10.6 Å². The van der Waals surface area contributed by atoms with Gasteiger partial charge >= 0.3 is 0 Å². The van der Waals surface area contributed by atoms with E-state index in [0.29, 0.717) is 17.8 Å². The summed E-state index contributed by atoms with van der Waals surface area (Å²) in [6.45, 7) is 7.47. The number of carbonyl (C=O) groups is 1. The molecular weight excluding hydrogens is 510 g/mol. The number of piperazine rings is 1. The lowest BCUT2D eigenvalue weighted by Crippen LogP contribution is -2.55. The molecule has 1 saturated carbocycles. The number of aromatic nitrogens is 4.